The van der Waals surface area contributed by atoms with Gasteiger partial charge in [-0.25, -0.2) is 14.6 Å². The smallest absolute Gasteiger partial charge is 0.155 e. The van der Waals surface area contributed by atoms with Gasteiger partial charge in [-0.15, -0.1) is 0 Å². The maximum absolute atomic E-state index is 10.7. The van der Waals surface area contributed by atoms with Crippen LogP contribution in [-0.4, -0.2) is 61.3 Å². The van der Waals surface area contributed by atoms with E-state index in [9.17, 15) is 5.11 Å². The largest absolute Gasteiger partial charge is 0.391 e. The van der Waals surface area contributed by atoms with Crippen molar-refractivity contribution in [2.75, 3.05) is 31.2 Å². The fourth-order valence-electron chi connectivity index (χ4n) is 4.63. The second kappa shape index (κ2) is 9.74. The van der Waals surface area contributed by atoms with Crippen LogP contribution < -0.4 is 5.73 Å². The third-order valence-electron chi connectivity index (χ3n) is 6.34. The van der Waals surface area contributed by atoms with Gasteiger partial charge in [0.25, 0.3) is 0 Å². The summed E-state index contributed by atoms with van der Waals surface area (Å²) in [4.78, 5) is 10.9. The summed E-state index contributed by atoms with van der Waals surface area (Å²) < 4.78 is 7.97. The molecular weight excluding hydrogens is 424 g/mol. The van der Waals surface area contributed by atoms with Gasteiger partial charge in [-0.2, -0.15) is 16.9 Å². The molecule has 2 aromatic heterocycles. The highest BCUT2D eigenvalue weighted by Crippen LogP contribution is 2.31. The Hall–Kier alpha value is -2.20. The zero-order chi connectivity index (χ0) is 21.9. The van der Waals surface area contributed by atoms with Gasteiger partial charge in [0.05, 0.1) is 11.8 Å². The lowest BCUT2D eigenvalue weighted by atomic mass is 10.1. The molecule has 32 heavy (non-hydrogen) atoms. The molecule has 0 amide bonds. The van der Waals surface area contributed by atoms with E-state index in [4.69, 9.17) is 15.6 Å². The number of thioether (sulfide) groups is 1. The molecule has 3 N–H and O–H groups in total. The van der Waals surface area contributed by atoms with E-state index in [0.29, 0.717) is 24.4 Å². The summed E-state index contributed by atoms with van der Waals surface area (Å²) in [6.07, 6.45) is 4.19. The Kier molecular flexibility index (Phi) is 6.59. The Morgan fingerprint density at radius 3 is 2.81 bits per heavy atom. The van der Waals surface area contributed by atoms with Crippen LogP contribution in [0.1, 0.15) is 36.7 Å². The molecule has 2 aliphatic rings. The number of aromatic nitrogens is 4. The number of likely N-dealkylation sites (tertiary alicyclic amines) is 1. The van der Waals surface area contributed by atoms with Crippen LogP contribution in [0.3, 0.4) is 0 Å². The molecule has 0 radical (unpaired) electrons. The molecule has 4 heterocycles. The molecular formula is C23H30N6O2S. The first-order valence-corrected chi connectivity index (χ1v) is 12.5. The van der Waals surface area contributed by atoms with Crippen LogP contribution in [0.4, 0.5) is 5.82 Å². The predicted molar refractivity (Wildman–Crippen MR) is 126 cm³/mol. The first kappa shape index (κ1) is 21.6. The zero-order valence-electron chi connectivity index (χ0n) is 18.1. The Morgan fingerprint density at radius 1 is 1.12 bits per heavy atom. The number of hydrogen-bond donors (Lipinski definition) is 2. The quantitative estimate of drug-likeness (QED) is 0.562. The number of fused-ring (bicyclic) bond motifs is 1. The van der Waals surface area contributed by atoms with Crippen LogP contribution in [0.15, 0.2) is 36.7 Å². The SMILES string of the molecule is Nc1ncnc2c(CN3C[C@H](CSCc4ccccc4)[C@H](O)C3)n(C3CCCCO3)nc12. The number of benzene rings is 1. The van der Waals surface area contributed by atoms with Crippen LogP contribution in [0.25, 0.3) is 11.0 Å². The molecule has 1 unspecified atom stereocenters. The van der Waals surface area contributed by atoms with Gasteiger partial charge in [0.1, 0.15) is 11.8 Å². The van der Waals surface area contributed by atoms with Crippen molar-refractivity contribution in [2.45, 2.75) is 43.9 Å². The van der Waals surface area contributed by atoms with E-state index < -0.39 is 0 Å². The summed E-state index contributed by atoms with van der Waals surface area (Å²) in [6, 6.07) is 10.5. The number of ether oxygens (including phenoxy) is 1. The van der Waals surface area contributed by atoms with Gasteiger partial charge >= 0.3 is 0 Å². The molecule has 3 atom stereocenters. The van der Waals surface area contributed by atoms with Gasteiger partial charge in [-0.3, -0.25) is 4.90 Å². The molecule has 170 valence electrons. The molecule has 0 spiro atoms. The van der Waals surface area contributed by atoms with Gasteiger partial charge < -0.3 is 15.6 Å². The van der Waals surface area contributed by atoms with Gasteiger partial charge in [-0.05, 0) is 24.8 Å². The van der Waals surface area contributed by atoms with E-state index in [2.05, 4.69) is 39.1 Å². The third kappa shape index (κ3) is 4.61. The summed E-state index contributed by atoms with van der Waals surface area (Å²) >= 11 is 1.89. The molecule has 2 aliphatic heterocycles. The highest BCUT2D eigenvalue weighted by molar-refractivity contribution is 7.98. The standard InChI is InChI=1S/C23H30N6O2S/c24-23-22-21(25-15-26-23)18(29(27-22)20-8-4-5-9-31-20)11-28-10-17(19(30)12-28)14-32-13-16-6-2-1-3-7-16/h1-3,6-7,15,17,19-20,30H,4-5,8-14H2,(H2,24,25,26)/t17-,19-,20?/m1/s1. The average molecular weight is 455 g/mol. The van der Waals surface area contributed by atoms with Crippen molar-refractivity contribution in [3.05, 3.63) is 47.9 Å². The minimum atomic E-state index is -0.327. The highest BCUT2D eigenvalue weighted by Gasteiger charge is 2.33. The molecule has 0 saturated carbocycles. The Morgan fingerprint density at radius 2 is 2.00 bits per heavy atom. The number of hydrogen-bond acceptors (Lipinski definition) is 8. The molecule has 0 aliphatic carbocycles. The first-order valence-electron chi connectivity index (χ1n) is 11.3. The molecule has 0 bridgehead atoms. The Balaban J connectivity index is 1.29. The summed E-state index contributed by atoms with van der Waals surface area (Å²) in [5, 5.41) is 15.5. The minimum absolute atomic E-state index is 0.0999. The van der Waals surface area contributed by atoms with Gasteiger partial charge in [0.2, 0.25) is 0 Å². The number of β-amino-alcohol motifs (C(OH)–C–C–N with tert-alkyl or cyclic N) is 1. The molecule has 2 fully saturated rings. The van der Waals surface area contributed by atoms with Crippen molar-refractivity contribution in [3.63, 3.8) is 0 Å². The summed E-state index contributed by atoms with van der Waals surface area (Å²) in [6.45, 7) is 2.89. The molecule has 1 aromatic carbocycles. The van der Waals surface area contributed by atoms with Crippen molar-refractivity contribution < 1.29 is 9.84 Å². The Bertz CT molecular complexity index is 1040. The number of aliphatic hydroxyl groups excluding tert-OH is 1. The van der Waals surface area contributed by atoms with Crippen LogP contribution in [-0.2, 0) is 17.0 Å². The first-order chi connectivity index (χ1) is 15.7. The van der Waals surface area contributed by atoms with Crippen LogP contribution in [0.2, 0.25) is 0 Å². The average Bonchev–Trinajstić information content (AvgIpc) is 3.36. The van der Waals surface area contributed by atoms with E-state index in [-0.39, 0.29) is 18.2 Å². The van der Waals surface area contributed by atoms with Crippen LogP contribution in [0.5, 0.6) is 0 Å². The second-order valence-corrected chi connectivity index (χ2v) is 9.72. The number of aliphatic hydroxyl groups is 1. The second-order valence-electron chi connectivity index (χ2n) is 8.69. The molecule has 9 heteroatoms. The maximum Gasteiger partial charge on any atom is 0.155 e. The lowest BCUT2D eigenvalue weighted by Crippen LogP contribution is -2.26. The molecule has 3 aromatic rings. The number of nitrogens with zero attached hydrogens (tertiary/aromatic N) is 5. The fourth-order valence-corrected chi connectivity index (χ4v) is 5.81. The monoisotopic (exact) mass is 454 g/mol. The van der Waals surface area contributed by atoms with E-state index in [0.717, 1.165) is 55.1 Å². The van der Waals surface area contributed by atoms with E-state index in [1.165, 1.54) is 11.9 Å². The van der Waals surface area contributed by atoms with Crippen molar-refractivity contribution >= 4 is 28.6 Å². The topological polar surface area (TPSA) is 102 Å². The van der Waals surface area contributed by atoms with Gasteiger partial charge in [-0.1, -0.05) is 30.3 Å². The number of nitrogens with two attached hydrogens (primary N) is 1. The van der Waals surface area contributed by atoms with Crippen molar-refractivity contribution in [1.29, 1.82) is 0 Å². The molecule has 2 saturated heterocycles. The van der Waals surface area contributed by atoms with Gasteiger partial charge in [0.15, 0.2) is 17.6 Å². The minimum Gasteiger partial charge on any atom is -0.391 e. The normalized spacial score (nSPS) is 24.3. The van der Waals surface area contributed by atoms with E-state index >= 15 is 0 Å². The zero-order valence-corrected chi connectivity index (χ0v) is 19.0. The van der Waals surface area contributed by atoms with E-state index in [1.807, 2.05) is 22.5 Å². The number of rotatable bonds is 7. The van der Waals surface area contributed by atoms with Gasteiger partial charge in [0, 0.05) is 43.7 Å². The van der Waals surface area contributed by atoms with Crippen molar-refractivity contribution in [1.82, 2.24) is 24.6 Å². The Labute approximate surface area is 192 Å². The molecule has 8 nitrogen and oxygen atoms in total. The highest BCUT2D eigenvalue weighted by atomic mass is 32.2. The predicted octanol–water partition coefficient (Wildman–Crippen LogP) is 2.83. The third-order valence-corrected chi connectivity index (χ3v) is 7.54. The number of anilines is 1. The van der Waals surface area contributed by atoms with E-state index in [1.54, 1.807) is 0 Å². The van der Waals surface area contributed by atoms with Crippen molar-refractivity contribution in [2.24, 2.45) is 5.92 Å². The fraction of sp³-hybridized carbons (Fsp3) is 0.522. The van der Waals surface area contributed by atoms with Crippen LogP contribution >= 0.6 is 11.8 Å². The molecule has 5 rings (SSSR count). The van der Waals surface area contributed by atoms with Crippen LogP contribution in [0, 0.1) is 5.92 Å². The summed E-state index contributed by atoms with van der Waals surface area (Å²) in [5.74, 6) is 2.55. The summed E-state index contributed by atoms with van der Waals surface area (Å²) in [5.41, 5.74) is 9.82. The lowest BCUT2D eigenvalue weighted by molar-refractivity contribution is -0.0415. The van der Waals surface area contributed by atoms with Crippen molar-refractivity contribution in [3.8, 4) is 0 Å². The summed E-state index contributed by atoms with van der Waals surface area (Å²) in [7, 11) is 0. The lowest BCUT2D eigenvalue weighted by Gasteiger charge is -2.25. The number of nitrogen functional groups attached to an aromatic ring is 1. The maximum atomic E-state index is 10.7.